The van der Waals surface area contributed by atoms with Crippen LogP contribution in [0.3, 0.4) is 0 Å². The number of rotatable bonds is 0. The zero-order valence-corrected chi connectivity index (χ0v) is 11.6. The van der Waals surface area contributed by atoms with E-state index in [2.05, 4.69) is 71.6 Å². The SMILES string of the molecule is c1cc2c3c(c#1)Cc1ccccc1N3c1ccccc1C2. The van der Waals surface area contributed by atoms with Gasteiger partial charge in [0.2, 0.25) is 0 Å². The molecule has 2 heterocycles. The van der Waals surface area contributed by atoms with E-state index in [1.165, 1.54) is 39.3 Å². The molecule has 1 heteroatoms. The van der Waals surface area contributed by atoms with Crippen LogP contribution in [-0.2, 0) is 12.8 Å². The van der Waals surface area contributed by atoms with Crippen LogP contribution < -0.4 is 4.90 Å². The van der Waals surface area contributed by atoms with Gasteiger partial charge in [0, 0.05) is 29.8 Å². The van der Waals surface area contributed by atoms with Crippen LogP contribution in [0, 0.1) is 12.1 Å². The third-order valence-electron chi connectivity index (χ3n) is 4.50. The highest BCUT2D eigenvalue weighted by atomic mass is 15.2. The number of anilines is 3. The largest absolute Gasteiger partial charge is 0.309 e. The molecule has 2 aliphatic rings. The van der Waals surface area contributed by atoms with Gasteiger partial charge in [-0.3, -0.25) is 0 Å². The fourth-order valence-corrected chi connectivity index (χ4v) is 3.60. The molecule has 0 atom stereocenters. The molecule has 0 aliphatic carbocycles. The van der Waals surface area contributed by atoms with Gasteiger partial charge in [0.15, 0.2) is 0 Å². The molecule has 3 aromatic rings. The van der Waals surface area contributed by atoms with E-state index in [9.17, 15) is 0 Å². The van der Waals surface area contributed by atoms with E-state index < -0.39 is 0 Å². The summed E-state index contributed by atoms with van der Waals surface area (Å²) in [5, 5.41) is 0. The van der Waals surface area contributed by atoms with Gasteiger partial charge in [-0.25, -0.2) is 0 Å². The summed E-state index contributed by atoms with van der Waals surface area (Å²) in [6, 6.07) is 26.0. The molecule has 2 aliphatic heterocycles. The van der Waals surface area contributed by atoms with Gasteiger partial charge in [-0.2, -0.15) is 0 Å². The Balaban J connectivity index is 1.88. The van der Waals surface area contributed by atoms with Gasteiger partial charge in [0.05, 0.1) is 5.69 Å². The van der Waals surface area contributed by atoms with Crippen molar-refractivity contribution in [3.63, 3.8) is 0 Å². The molecule has 0 saturated heterocycles. The Labute approximate surface area is 124 Å². The van der Waals surface area contributed by atoms with E-state index in [0.717, 1.165) is 12.8 Å². The second kappa shape index (κ2) is 3.90. The maximum atomic E-state index is 3.33. The molecule has 1 nitrogen and oxygen atoms in total. The van der Waals surface area contributed by atoms with Gasteiger partial charge in [-0.05, 0) is 34.9 Å². The quantitative estimate of drug-likeness (QED) is 0.397. The van der Waals surface area contributed by atoms with Gasteiger partial charge < -0.3 is 4.90 Å². The summed E-state index contributed by atoms with van der Waals surface area (Å²) < 4.78 is 0. The Kier molecular flexibility index (Phi) is 2.04. The minimum Gasteiger partial charge on any atom is -0.309 e. The van der Waals surface area contributed by atoms with Gasteiger partial charge in [0.25, 0.3) is 0 Å². The van der Waals surface area contributed by atoms with Crippen LogP contribution in [0.15, 0.2) is 54.6 Å². The standard InChI is InChI=1S/C20H13N/c1-3-10-18-14(6-1)12-16-8-5-9-17-13-15-7-2-4-11-19(15)21(18)20(16)17/h1-4,6-8,10-11H,12-13H2. The van der Waals surface area contributed by atoms with Crippen molar-refractivity contribution in [3.8, 4) is 0 Å². The van der Waals surface area contributed by atoms with E-state index in [4.69, 9.17) is 0 Å². The highest BCUT2D eigenvalue weighted by molar-refractivity contribution is 5.88. The fraction of sp³-hybridized carbons (Fsp3) is 0.100. The summed E-state index contributed by atoms with van der Waals surface area (Å²) in [4.78, 5) is 2.41. The zero-order chi connectivity index (χ0) is 13.8. The van der Waals surface area contributed by atoms with E-state index in [0.29, 0.717) is 0 Å². The predicted molar refractivity (Wildman–Crippen MR) is 84.4 cm³/mol. The molecule has 0 saturated carbocycles. The van der Waals surface area contributed by atoms with E-state index in [1.54, 1.807) is 0 Å². The van der Waals surface area contributed by atoms with Crippen molar-refractivity contribution in [2.45, 2.75) is 12.8 Å². The second-order valence-corrected chi connectivity index (χ2v) is 5.71. The van der Waals surface area contributed by atoms with E-state index in [-0.39, 0.29) is 0 Å². The van der Waals surface area contributed by atoms with Gasteiger partial charge in [-0.15, -0.1) is 0 Å². The molecule has 0 bridgehead atoms. The highest BCUT2D eigenvalue weighted by Crippen LogP contribution is 2.49. The van der Waals surface area contributed by atoms with Crippen molar-refractivity contribution in [2.75, 3.05) is 4.90 Å². The first-order chi connectivity index (χ1) is 10.4. The van der Waals surface area contributed by atoms with Crippen molar-refractivity contribution in [2.24, 2.45) is 0 Å². The molecule has 0 fully saturated rings. The predicted octanol–water partition coefficient (Wildman–Crippen LogP) is 4.57. The summed E-state index contributed by atoms with van der Waals surface area (Å²) in [5.74, 6) is 0. The first-order valence-corrected chi connectivity index (χ1v) is 7.32. The molecular weight excluding hydrogens is 254 g/mol. The topological polar surface area (TPSA) is 3.24 Å². The molecule has 5 rings (SSSR count). The molecule has 3 aromatic carbocycles. The maximum absolute atomic E-state index is 3.33. The lowest BCUT2D eigenvalue weighted by molar-refractivity contribution is 1.01. The Morgan fingerprint density at radius 1 is 0.762 bits per heavy atom. The maximum Gasteiger partial charge on any atom is 0.0622 e. The van der Waals surface area contributed by atoms with Crippen LogP contribution in [-0.4, -0.2) is 0 Å². The van der Waals surface area contributed by atoms with E-state index >= 15 is 0 Å². The van der Waals surface area contributed by atoms with Gasteiger partial charge >= 0.3 is 0 Å². The smallest absolute Gasteiger partial charge is 0.0622 e. The summed E-state index contributed by atoms with van der Waals surface area (Å²) in [7, 11) is 0. The molecule has 0 spiro atoms. The Bertz CT molecular complexity index is 795. The average molecular weight is 267 g/mol. The monoisotopic (exact) mass is 267 g/mol. The molecule has 0 radical (unpaired) electrons. The molecule has 21 heavy (non-hydrogen) atoms. The first kappa shape index (κ1) is 11.0. The lowest BCUT2D eigenvalue weighted by Gasteiger charge is -2.38. The summed E-state index contributed by atoms with van der Waals surface area (Å²) in [6.07, 6.45) is 1.94. The van der Waals surface area contributed by atoms with Gasteiger partial charge in [0.1, 0.15) is 0 Å². The third kappa shape index (κ3) is 1.42. The number of hydrogen-bond acceptors (Lipinski definition) is 1. The normalized spacial score (nSPS) is 13.8. The number of fused-ring (bicyclic) bond motifs is 4. The summed E-state index contributed by atoms with van der Waals surface area (Å²) in [5.41, 5.74) is 9.30. The molecule has 0 amide bonds. The minimum atomic E-state index is 0.953. The molecule has 98 valence electrons. The minimum absolute atomic E-state index is 0.953. The van der Waals surface area contributed by atoms with Crippen LogP contribution in [0.2, 0.25) is 0 Å². The molecule has 0 N–H and O–H groups in total. The second-order valence-electron chi connectivity index (χ2n) is 5.71. The Hall–Kier alpha value is -2.72. The fourth-order valence-electron chi connectivity index (χ4n) is 3.60. The van der Waals surface area contributed by atoms with Gasteiger partial charge in [-0.1, -0.05) is 48.5 Å². The third-order valence-corrected chi connectivity index (χ3v) is 4.50. The molecule has 0 unspecified atom stereocenters. The van der Waals surface area contributed by atoms with Crippen molar-refractivity contribution in [1.82, 2.24) is 0 Å². The van der Waals surface area contributed by atoms with Crippen molar-refractivity contribution in [3.05, 3.63) is 89.0 Å². The van der Waals surface area contributed by atoms with Crippen LogP contribution in [0.1, 0.15) is 22.3 Å². The van der Waals surface area contributed by atoms with Crippen LogP contribution >= 0.6 is 0 Å². The van der Waals surface area contributed by atoms with Crippen molar-refractivity contribution < 1.29 is 0 Å². The zero-order valence-electron chi connectivity index (χ0n) is 11.6. The lowest BCUT2D eigenvalue weighted by atomic mass is 9.87. The average Bonchev–Trinajstić information content (AvgIpc) is 2.54. The van der Waals surface area contributed by atoms with Crippen LogP contribution in [0.4, 0.5) is 17.1 Å². The molecular formula is C20H13N. The summed E-state index contributed by atoms with van der Waals surface area (Å²) in [6.45, 7) is 0. The van der Waals surface area contributed by atoms with Crippen molar-refractivity contribution in [1.29, 1.82) is 0 Å². The Morgan fingerprint density at radius 3 is 2.19 bits per heavy atom. The molecule has 0 aromatic heterocycles. The number of nitrogens with zero attached hydrogens (tertiary/aromatic N) is 1. The van der Waals surface area contributed by atoms with E-state index in [1.807, 2.05) is 0 Å². The number of hydrogen-bond donors (Lipinski definition) is 0. The van der Waals surface area contributed by atoms with Crippen LogP contribution in [0.25, 0.3) is 0 Å². The first-order valence-electron chi connectivity index (χ1n) is 7.32. The lowest BCUT2D eigenvalue weighted by Crippen LogP contribution is -2.24. The number of benzene rings is 2. The number of para-hydroxylation sites is 2. The van der Waals surface area contributed by atoms with Crippen LogP contribution in [0.5, 0.6) is 0 Å². The van der Waals surface area contributed by atoms with Crippen molar-refractivity contribution >= 4 is 17.1 Å². The highest BCUT2D eigenvalue weighted by Gasteiger charge is 2.30. The Morgan fingerprint density at radius 2 is 1.43 bits per heavy atom. The summed E-state index contributed by atoms with van der Waals surface area (Å²) >= 11 is 0.